The third-order valence-corrected chi connectivity index (χ3v) is 3.72. The highest BCUT2D eigenvalue weighted by molar-refractivity contribution is 7.09. The number of Topliss-reactive ketones (excluding diaryl/α,β-unsaturated/α-hetero) is 1. The van der Waals surface area contributed by atoms with Crippen LogP contribution in [0.15, 0.2) is 23.6 Å². The number of halogens is 2. The molecule has 88 valence electrons. The largest absolute Gasteiger partial charge is 0.294 e. The van der Waals surface area contributed by atoms with Crippen LogP contribution in [-0.2, 0) is 6.42 Å². The molecule has 17 heavy (non-hydrogen) atoms. The summed E-state index contributed by atoms with van der Waals surface area (Å²) in [7, 11) is 0. The maximum absolute atomic E-state index is 12.0. The number of nitrogens with zero attached hydrogens (tertiary/aromatic N) is 1. The molecule has 1 aromatic heterocycles. The van der Waals surface area contributed by atoms with Gasteiger partial charge in [0.05, 0.1) is 11.4 Å². The van der Waals surface area contributed by atoms with Crippen LogP contribution in [0.1, 0.15) is 21.1 Å². The summed E-state index contributed by atoms with van der Waals surface area (Å²) < 4.78 is 0. The third kappa shape index (κ3) is 3.06. The molecule has 0 aliphatic heterocycles. The minimum absolute atomic E-state index is 0.0407. The Morgan fingerprint density at radius 3 is 2.76 bits per heavy atom. The molecule has 0 saturated heterocycles. The van der Waals surface area contributed by atoms with Gasteiger partial charge in [0.15, 0.2) is 5.78 Å². The molecule has 2 rings (SSSR count). The summed E-state index contributed by atoms with van der Waals surface area (Å²) in [4.78, 5) is 16.2. The van der Waals surface area contributed by atoms with Gasteiger partial charge < -0.3 is 0 Å². The van der Waals surface area contributed by atoms with Gasteiger partial charge in [0.25, 0.3) is 0 Å². The molecule has 0 aliphatic carbocycles. The van der Waals surface area contributed by atoms with Crippen molar-refractivity contribution in [1.29, 1.82) is 0 Å². The van der Waals surface area contributed by atoms with Crippen LogP contribution in [0.2, 0.25) is 10.0 Å². The topological polar surface area (TPSA) is 30.0 Å². The number of rotatable bonds is 3. The number of carbonyl (C=O) groups excluding carboxylic acids is 1. The summed E-state index contributed by atoms with van der Waals surface area (Å²) in [6.07, 6.45) is 0.278. The fraction of sp³-hybridized carbons (Fsp3) is 0.167. The van der Waals surface area contributed by atoms with Crippen molar-refractivity contribution >= 4 is 40.3 Å². The van der Waals surface area contributed by atoms with Gasteiger partial charge in [0.1, 0.15) is 5.01 Å². The lowest BCUT2D eigenvalue weighted by atomic mass is 10.1. The van der Waals surface area contributed by atoms with E-state index in [-0.39, 0.29) is 12.2 Å². The van der Waals surface area contributed by atoms with E-state index in [0.29, 0.717) is 15.6 Å². The van der Waals surface area contributed by atoms with Crippen molar-refractivity contribution in [2.45, 2.75) is 13.3 Å². The quantitative estimate of drug-likeness (QED) is 0.792. The lowest BCUT2D eigenvalue weighted by molar-refractivity contribution is 0.0993. The average molecular weight is 286 g/mol. The standard InChI is InChI=1S/C12H9Cl2NOS/c1-7-6-17-12(15-7)5-11(16)9-3-2-8(13)4-10(9)14/h2-4,6H,5H2,1H3. The lowest BCUT2D eigenvalue weighted by Crippen LogP contribution is -2.04. The summed E-state index contributed by atoms with van der Waals surface area (Å²) in [5, 5.41) is 3.64. The number of aromatic nitrogens is 1. The van der Waals surface area contributed by atoms with Crippen molar-refractivity contribution in [2.75, 3.05) is 0 Å². The van der Waals surface area contributed by atoms with Gasteiger partial charge in [-0.1, -0.05) is 23.2 Å². The summed E-state index contributed by atoms with van der Waals surface area (Å²) in [5.41, 5.74) is 1.42. The van der Waals surface area contributed by atoms with Crippen LogP contribution in [0.5, 0.6) is 0 Å². The number of carbonyl (C=O) groups is 1. The van der Waals surface area contributed by atoms with Crippen LogP contribution < -0.4 is 0 Å². The molecule has 0 spiro atoms. The highest BCUT2D eigenvalue weighted by atomic mass is 35.5. The predicted molar refractivity (Wildman–Crippen MR) is 71.3 cm³/mol. The first-order chi connectivity index (χ1) is 8.06. The molecule has 0 fully saturated rings. The Kier molecular flexibility index (Phi) is 3.82. The van der Waals surface area contributed by atoms with E-state index in [4.69, 9.17) is 23.2 Å². The third-order valence-electron chi connectivity index (χ3n) is 2.21. The van der Waals surface area contributed by atoms with E-state index in [0.717, 1.165) is 10.7 Å². The van der Waals surface area contributed by atoms with Crippen LogP contribution in [0.4, 0.5) is 0 Å². The molecule has 0 radical (unpaired) electrons. The number of hydrogen-bond acceptors (Lipinski definition) is 3. The lowest BCUT2D eigenvalue weighted by Gasteiger charge is -2.02. The van der Waals surface area contributed by atoms with Gasteiger partial charge >= 0.3 is 0 Å². The number of ketones is 1. The Labute approximate surface area is 113 Å². The number of hydrogen-bond donors (Lipinski definition) is 0. The highest BCUT2D eigenvalue weighted by Gasteiger charge is 2.13. The van der Waals surface area contributed by atoms with Crippen LogP contribution in [-0.4, -0.2) is 10.8 Å². The van der Waals surface area contributed by atoms with Crippen LogP contribution >= 0.6 is 34.5 Å². The first kappa shape index (κ1) is 12.6. The monoisotopic (exact) mass is 285 g/mol. The van der Waals surface area contributed by atoms with Crippen molar-refractivity contribution in [3.63, 3.8) is 0 Å². The second kappa shape index (κ2) is 5.17. The predicted octanol–water partition coefficient (Wildman–Crippen LogP) is 4.18. The maximum Gasteiger partial charge on any atom is 0.171 e. The van der Waals surface area contributed by atoms with Gasteiger partial charge in [-0.25, -0.2) is 4.98 Å². The molecule has 0 N–H and O–H groups in total. The Morgan fingerprint density at radius 1 is 1.41 bits per heavy atom. The summed E-state index contributed by atoms with van der Waals surface area (Å²) >= 11 is 13.2. The maximum atomic E-state index is 12.0. The van der Waals surface area contributed by atoms with Gasteiger partial charge in [-0.2, -0.15) is 0 Å². The molecule has 0 bridgehead atoms. The minimum Gasteiger partial charge on any atom is -0.294 e. The molecule has 2 nitrogen and oxygen atoms in total. The number of benzene rings is 1. The first-order valence-corrected chi connectivity index (χ1v) is 6.59. The Morgan fingerprint density at radius 2 is 2.18 bits per heavy atom. The zero-order valence-electron chi connectivity index (χ0n) is 9.04. The average Bonchev–Trinajstić information content (AvgIpc) is 2.63. The molecular weight excluding hydrogens is 277 g/mol. The number of thiazole rings is 1. The molecular formula is C12H9Cl2NOS. The van der Waals surface area contributed by atoms with E-state index < -0.39 is 0 Å². The van der Waals surface area contributed by atoms with E-state index in [9.17, 15) is 4.79 Å². The van der Waals surface area contributed by atoms with Gasteiger partial charge in [0.2, 0.25) is 0 Å². The van der Waals surface area contributed by atoms with Gasteiger partial charge in [0, 0.05) is 21.7 Å². The molecule has 5 heteroatoms. The van der Waals surface area contributed by atoms with Crippen molar-refractivity contribution in [3.05, 3.63) is 49.9 Å². The van der Waals surface area contributed by atoms with E-state index in [1.54, 1.807) is 18.2 Å². The van der Waals surface area contributed by atoms with Gasteiger partial charge in [-0.05, 0) is 25.1 Å². The molecule has 1 heterocycles. The summed E-state index contributed by atoms with van der Waals surface area (Å²) in [5.74, 6) is -0.0407. The Hall–Kier alpha value is -0.900. The smallest absolute Gasteiger partial charge is 0.171 e. The number of aryl methyl sites for hydroxylation is 1. The van der Waals surface area contributed by atoms with E-state index in [1.807, 2.05) is 12.3 Å². The SMILES string of the molecule is Cc1csc(CC(=O)c2ccc(Cl)cc2Cl)n1. The molecule has 0 saturated carbocycles. The molecule has 0 unspecified atom stereocenters. The Balaban J connectivity index is 2.20. The summed E-state index contributed by atoms with van der Waals surface area (Å²) in [6.45, 7) is 1.90. The highest BCUT2D eigenvalue weighted by Crippen LogP contribution is 2.23. The summed E-state index contributed by atoms with van der Waals surface area (Å²) in [6, 6.07) is 4.88. The minimum atomic E-state index is -0.0407. The first-order valence-electron chi connectivity index (χ1n) is 4.95. The van der Waals surface area contributed by atoms with Gasteiger partial charge in [-0.15, -0.1) is 11.3 Å². The van der Waals surface area contributed by atoms with Crippen molar-refractivity contribution < 1.29 is 4.79 Å². The van der Waals surface area contributed by atoms with Crippen molar-refractivity contribution in [1.82, 2.24) is 4.98 Å². The molecule has 2 aromatic rings. The Bertz CT molecular complexity index is 565. The van der Waals surface area contributed by atoms with E-state index >= 15 is 0 Å². The zero-order chi connectivity index (χ0) is 12.4. The van der Waals surface area contributed by atoms with E-state index in [2.05, 4.69) is 4.98 Å². The van der Waals surface area contributed by atoms with Crippen LogP contribution in [0.3, 0.4) is 0 Å². The zero-order valence-corrected chi connectivity index (χ0v) is 11.4. The van der Waals surface area contributed by atoms with Crippen LogP contribution in [0, 0.1) is 6.92 Å². The second-order valence-electron chi connectivity index (χ2n) is 3.61. The molecule has 0 aliphatic rings. The molecule has 1 aromatic carbocycles. The van der Waals surface area contributed by atoms with Crippen molar-refractivity contribution in [3.8, 4) is 0 Å². The normalized spacial score (nSPS) is 10.5. The fourth-order valence-electron chi connectivity index (χ4n) is 1.43. The second-order valence-corrected chi connectivity index (χ2v) is 5.39. The van der Waals surface area contributed by atoms with Gasteiger partial charge in [-0.3, -0.25) is 4.79 Å². The van der Waals surface area contributed by atoms with Crippen molar-refractivity contribution in [2.24, 2.45) is 0 Å². The molecule has 0 amide bonds. The molecule has 0 atom stereocenters. The van der Waals surface area contributed by atoms with Crippen LogP contribution in [0.25, 0.3) is 0 Å². The van der Waals surface area contributed by atoms with E-state index in [1.165, 1.54) is 11.3 Å². The fourth-order valence-corrected chi connectivity index (χ4v) is 2.72.